The molecule has 0 aliphatic heterocycles. The highest BCUT2D eigenvalue weighted by molar-refractivity contribution is 5.92. The van der Waals surface area contributed by atoms with Crippen LogP contribution in [0.2, 0.25) is 0 Å². The molecule has 0 saturated carbocycles. The van der Waals surface area contributed by atoms with Crippen LogP contribution in [0, 0.1) is 6.57 Å². The molecule has 0 N–H and O–H groups in total. The molecule has 9 rings (SSSR count). The molecule has 1 aliphatic rings. The smallest absolute Gasteiger partial charge is 0.195 e. The number of hydrogen-bond acceptors (Lipinski definition) is 3. The van der Waals surface area contributed by atoms with Crippen molar-refractivity contribution in [1.82, 2.24) is 15.0 Å². The number of pyridine rings is 1. The van der Waals surface area contributed by atoms with Crippen LogP contribution in [0.25, 0.3) is 83.3 Å². The second kappa shape index (κ2) is 13.0. The molecule has 2 aromatic heterocycles. The summed E-state index contributed by atoms with van der Waals surface area (Å²) in [6.45, 7) is 12.4. The summed E-state index contributed by atoms with van der Waals surface area (Å²) in [5.74, 6) is 0.683. The van der Waals surface area contributed by atoms with Gasteiger partial charge in [-0.3, -0.25) is 4.98 Å². The number of hydrogen-bond donors (Lipinski definition) is 0. The lowest BCUT2D eigenvalue weighted by atomic mass is 9.81. The topological polar surface area (TPSA) is 43.0 Å². The maximum absolute atomic E-state index is 7.88. The zero-order valence-electron chi connectivity index (χ0n) is 29.5. The lowest BCUT2D eigenvalue weighted by Gasteiger charge is -2.22. The SMILES string of the molecule is [C-]#[N+]c1cccc2c1-c1ccc(-c3cc(-c4ccc(-c5cccnc5)cc4)cc(-c4cc(-c5ccccc5)nc(-c5ccccc5)n4)c3)cc1C2(C)C. The van der Waals surface area contributed by atoms with E-state index in [2.05, 4.69) is 127 Å². The molecule has 4 heteroatoms. The first-order chi connectivity index (χ1) is 26.0. The largest absolute Gasteiger partial charge is 0.264 e. The minimum absolute atomic E-state index is 0.244. The summed E-state index contributed by atoms with van der Waals surface area (Å²) in [6.07, 6.45) is 3.69. The standard InChI is InChI=1S/C49H34N4/c1-49(2)42-17-10-18-44(50-3)47(42)41-24-23-36(29-43(41)49)39-26-38(33-21-19-32(20-22-33)37-16-11-25-51-31-37)27-40(28-39)46-30-45(34-12-6-4-7-13-34)52-48(53-46)35-14-8-5-9-15-35/h4-31H,1-2H3. The lowest BCUT2D eigenvalue weighted by molar-refractivity contribution is 0.661. The molecule has 0 atom stereocenters. The summed E-state index contributed by atoms with van der Waals surface area (Å²) < 4.78 is 0. The summed E-state index contributed by atoms with van der Waals surface area (Å²) >= 11 is 0. The van der Waals surface area contributed by atoms with Crippen molar-refractivity contribution in [3.63, 3.8) is 0 Å². The van der Waals surface area contributed by atoms with Crippen LogP contribution in [0.4, 0.5) is 5.69 Å². The first kappa shape index (κ1) is 32.0. The number of nitrogens with zero attached hydrogens (tertiary/aromatic N) is 4. The molecule has 53 heavy (non-hydrogen) atoms. The van der Waals surface area contributed by atoms with E-state index in [1.54, 1.807) is 6.20 Å². The summed E-state index contributed by atoms with van der Waals surface area (Å²) in [5.41, 5.74) is 16.4. The molecular weight excluding hydrogens is 645 g/mol. The quantitative estimate of drug-likeness (QED) is 0.164. The van der Waals surface area contributed by atoms with Crippen molar-refractivity contribution in [3.8, 4) is 78.4 Å². The van der Waals surface area contributed by atoms with Crippen LogP contribution in [0.1, 0.15) is 25.0 Å². The van der Waals surface area contributed by atoms with E-state index in [0.717, 1.165) is 72.6 Å². The van der Waals surface area contributed by atoms with Gasteiger partial charge in [0.2, 0.25) is 0 Å². The number of rotatable bonds is 6. The molecule has 0 unspecified atom stereocenters. The van der Waals surface area contributed by atoms with E-state index in [-0.39, 0.29) is 5.41 Å². The van der Waals surface area contributed by atoms with Gasteiger partial charge < -0.3 is 0 Å². The molecule has 8 aromatic rings. The molecule has 0 spiro atoms. The van der Waals surface area contributed by atoms with Gasteiger partial charge in [-0.1, -0.05) is 135 Å². The molecule has 0 bridgehead atoms. The van der Waals surface area contributed by atoms with Crippen molar-refractivity contribution in [2.75, 3.05) is 0 Å². The highest BCUT2D eigenvalue weighted by atomic mass is 14.9. The van der Waals surface area contributed by atoms with Crippen LogP contribution in [-0.4, -0.2) is 15.0 Å². The molecule has 0 amide bonds. The molecule has 6 aromatic carbocycles. The highest BCUT2D eigenvalue weighted by Gasteiger charge is 2.36. The Morgan fingerprint density at radius 2 is 1.08 bits per heavy atom. The van der Waals surface area contributed by atoms with Gasteiger partial charge in [-0.15, -0.1) is 0 Å². The van der Waals surface area contributed by atoms with Crippen LogP contribution in [-0.2, 0) is 5.41 Å². The minimum atomic E-state index is -0.244. The van der Waals surface area contributed by atoms with E-state index in [4.69, 9.17) is 16.5 Å². The Morgan fingerprint density at radius 3 is 1.75 bits per heavy atom. The van der Waals surface area contributed by atoms with Gasteiger partial charge in [0.1, 0.15) is 0 Å². The van der Waals surface area contributed by atoms with E-state index in [9.17, 15) is 0 Å². The van der Waals surface area contributed by atoms with E-state index in [0.29, 0.717) is 11.5 Å². The Kier molecular flexibility index (Phi) is 7.83. The third kappa shape index (κ3) is 5.79. The molecule has 0 saturated heterocycles. The minimum Gasteiger partial charge on any atom is -0.264 e. The monoisotopic (exact) mass is 678 g/mol. The van der Waals surface area contributed by atoms with E-state index < -0.39 is 0 Å². The van der Waals surface area contributed by atoms with Gasteiger partial charge in [0.25, 0.3) is 0 Å². The van der Waals surface area contributed by atoms with Gasteiger partial charge in [0.05, 0.1) is 18.0 Å². The number of fused-ring (bicyclic) bond motifs is 3. The second-order valence-electron chi connectivity index (χ2n) is 14.0. The van der Waals surface area contributed by atoms with Crippen LogP contribution >= 0.6 is 0 Å². The van der Waals surface area contributed by atoms with Crippen molar-refractivity contribution in [1.29, 1.82) is 0 Å². The first-order valence-corrected chi connectivity index (χ1v) is 17.8. The van der Waals surface area contributed by atoms with Gasteiger partial charge in [-0.25, -0.2) is 14.8 Å². The predicted molar refractivity (Wildman–Crippen MR) is 216 cm³/mol. The molecule has 250 valence electrons. The summed E-state index contributed by atoms with van der Waals surface area (Å²) in [4.78, 5) is 18.5. The normalized spacial score (nSPS) is 12.5. The molecular formula is C49H34N4. The Balaban J connectivity index is 1.24. The lowest BCUT2D eigenvalue weighted by Crippen LogP contribution is -2.14. The Bertz CT molecular complexity index is 2620. The van der Waals surface area contributed by atoms with Crippen molar-refractivity contribution in [2.45, 2.75) is 19.3 Å². The second-order valence-corrected chi connectivity index (χ2v) is 14.0. The number of benzene rings is 6. The van der Waals surface area contributed by atoms with Gasteiger partial charge in [0.15, 0.2) is 11.5 Å². The zero-order valence-corrected chi connectivity index (χ0v) is 29.5. The fourth-order valence-electron chi connectivity index (χ4n) is 7.61. The van der Waals surface area contributed by atoms with Gasteiger partial charge in [-0.2, -0.15) is 0 Å². The Labute approximate surface area is 310 Å². The molecule has 0 radical (unpaired) electrons. The summed E-state index contributed by atoms with van der Waals surface area (Å²) in [7, 11) is 0. The van der Waals surface area contributed by atoms with Crippen molar-refractivity contribution in [2.24, 2.45) is 0 Å². The summed E-state index contributed by atoms with van der Waals surface area (Å²) in [6, 6.07) is 54.9. The van der Waals surface area contributed by atoms with Gasteiger partial charge in [-0.05, 0) is 92.0 Å². The molecule has 1 aliphatic carbocycles. The van der Waals surface area contributed by atoms with Crippen LogP contribution in [0.5, 0.6) is 0 Å². The average molecular weight is 679 g/mol. The van der Waals surface area contributed by atoms with Crippen LogP contribution in [0.3, 0.4) is 0 Å². The summed E-state index contributed by atoms with van der Waals surface area (Å²) in [5, 5.41) is 0. The fourth-order valence-corrected chi connectivity index (χ4v) is 7.61. The highest BCUT2D eigenvalue weighted by Crippen LogP contribution is 2.53. The van der Waals surface area contributed by atoms with Crippen molar-refractivity contribution in [3.05, 3.63) is 193 Å². The van der Waals surface area contributed by atoms with Gasteiger partial charge in [0, 0.05) is 34.5 Å². The average Bonchev–Trinajstić information content (AvgIpc) is 3.47. The third-order valence-electron chi connectivity index (χ3n) is 10.4. The fraction of sp³-hybridized carbons (Fsp3) is 0.0612. The van der Waals surface area contributed by atoms with Crippen LogP contribution < -0.4 is 0 Å². The molecule has 2 heterocycles. The maximum atomic E-state index is 7.88. The van der Waals surface area contributed by atoms with Gasteiger partial charge >= 0.3 is 0 Å². The molecule has 0 fully saturated rings. The zero-order chi connectivity index (χ0) is 35.9. The molecule has 4 nitrogen and oxygen atoms in total. The first-order valence-electron chi connectivity index (χ1n) is 17.8. The third-order valence-corrected chi connectivity index (χ3v) is 10.4. The number of aromatic nitrogens is 3. The van der Waals surface area contributed by atoms with E-state index in [1.807, 2.05) is 60.8 Å². The van der Waals surface area contributed by atoms with E-state index in [1.165, 1.54) is 11.1 Å². The Morgan fingerprint density at radius 1 is 0.472 bits per heavy atom. The predicted octanol–water partition coefficient (Wildman–Crippen LogP) is 12.7. The van der Waals surface area contributed by atoms with Crippen LogP contribution in [0.15, 0.2) is 170 Å². The van der Waals surface area contributed by atoms with Crippen molar-refractivity contribution < 1.29 is 0 Å². The van der Waals surface area contributed by atoms with Crippen molar-refractivity contribution >= 4 is 5.69 Å². The maximum Gasteiger partial charge on any atom is 0.195 e. The Hall–Kier alpha value is -6.96. The van der Waals surface area contributed by atoms with E-state index >= 15 is 0 Å².